The number of rotatable bonds is 8. The Kier molecular flexibility index (Phi) is 7.72. The molecule has 0 radical (unpaired) electrons. The Bertz CT molecular complexity index is 724. The van der Waals surface area contributed by atoms with Crippen LogP contribution in [0.15, 0.2) is 23.2 Å². The van der Waals surface area contributed by atoms with Gasteiger partial charge in [0.1, 0.15) is 5.01 Å². The molecule has 0 amide bonds. The second-order valence-electron chi connectivity index (χ2n) is 5.86. The number of nitrogens with one attached hydrogen (secondary N) is 2. The highest BCUT2D eigenvalue weighted by atomic mass is 32.1. The van der Waals surface area contributed by atoms with Gasteiger partial charge < -0.3 is 20.1 Å². The third-order valence-electron chi connectivity index (χ3n) is 3.85. The molecule has 1 aromatic heterocycles. The van der Waals surface area contributed by atoms with Gasteiger partial charge in [-0.1, -0.05) is 13.0 Å². The predicted octanol–water partition coefficient (Wildman–Crippen LogP) is 3.42. The molecule has 7 heteroatoms. The molecule has 0 aliphatic heterocycles. The summed E-state index contributed by atoms with van der Waals surface area (Å²) in [5, 5.41) is 7.66. The van der Waals surface area contributed by atoms with E-state index in [9.17, 15) is 0 Å². The summed E-state index contributed by atoms with van der Waals surface area (Å²) in [6.45, 7) is 8.18. The van der Waals surface area contributed by atoms with Crippen molar-refractivity contribution in [3.8, 4) is 11.5 Å². The van der Waals surface area contributed by atoms with Gasteiger partial charge in [-0.2, -0.15) is 0 Å². The van der Waals surface area contributed by atoms with E-state index >= 15 is 0 Å². The third-order valence-corrected chi connectivity index (χ3v) is 4.93. The van der Waals surface area contributed by atoms with Gasteiger partial charge in [-0.25, -0.2) is 4.98 Å². The summed E-state index contributed by atoms with van der Waals surface area (Å²) < 4.78 is 11.1. The number of aryl methyl sites for hydroxylation is 2. The summed E-state index contributed by atoms with van der Waals surface area (Å²) in [4.78, 5) is 10.0. The molecular weight excluding hydrogens is 348 g/mol. The Morgan fingerprint density at radius 2 is 1.96 bits per heavy atom. The minimum absolute atomic E-state index is 0.639. The zero-order chi connectivity index (χ0) is 18.9. The zero-order valence-electron chi connectivity index (χ0n) is 16.2. The van der Waals surface area contributed by atoms with E-state index in [1.54, 1.807) is 25.5 Å². The first-order valence-corrected chi connectivity index (χ1v) is 9.56. The van der Waals surface area contributed by atoms with Crippen molar-refractivity contribution in [2.75, 3.05) is 20.8 Å². The number of hydrogen-bond donors (Lipinski definition) is 2. The Morgan fingerprint density at radius 1 is 1.19 bits per heavy atom. The van der Waals surface area contributed by atoms with E-state index < -0.39 is 0 Å². The van der Waals surface area contributed by atoms with E-state index in [-0.39, 0.29) is 0 Å². The number of benzene rings is 1. The second kappa shape index (κ2) is 10.0. The highest BCUT2D eigenvalue weighted by Crippen LogP contribution is 2.28. The number of thiazole rings is 1. The SMILES string of the molecule is CCCOc1ccc(CNC(=NC)NCc2nc(C)c(C)s2)cc1OC. The zero-order valence-corrected chi connectivity index (χ0v) is 17.0. The molecular formula is C19H28N4O2S. The molecule has 1 heterocycles. The van der Waals surface area contributed by atoms with Crippen LogP contribution in [0.2, 0.25) is 0 Å². The Hall–Kier alpha value is -2.28. The van der Waals surface area contributed by atoms with Crippen LogP contribution in [0.1, 0.15) is 34.5 Å². The van der Waals surface area contributed by atoms with Crippen molar-refractivity contribution in [1.82, 2.24) is 15.6 Å². The van der Waals surface area contributed by atoms with E-state index in [1.165, 1.54) is 4.88 Å². The summed E-state index contributed by atoms with van der Waals surface area (Å²) in [7, 11) is 3.42. The van der Waals surface area contributed by atoms with Crippen LogP contribution >= 0.6 is 11.3 Å². The maximum absolute atomic E-state index is 5.69. The van der Waals surface area contributed by atoms with Crippen molar-refractivity contribution in [3.05, 3.63) is 39.3 Å². The monoisotopic (exact) mass is 376 g/mol. The van der Waals surface area contributed by atoms with E-state index in [0.717, 1.165) is 40.1 Å². The van der Waals surface area contributed by atoms with Crippen LogP contribution in [0, 0.1) is 13.8 Å². The topological polar surface area (TPSA) is 67.8 Å². The summed E-state index contributed by atoms with van der Waals surface area (Å²) in [5.41, 5.74) is 2.18. The molecule has 2 rings (SSSR count). The highest BCUT2D eigenvalue weighted by molar-refractivity contribution is 7.11. The number of methoxy groups -OCH3 is 1. The van der Waals surface area contributed by atoms with Crippen molar-refractivity contribution in [1.29, 1.82) is 0 Å². The minimum Gasteiger partial charge on any atom is -0.493 e. The molecule has 0 atom stereocenters. The van der Waals surface area contributed by atoms with E-state index in [1.807, 2.05) is 25.1 Å². The summed E-state index contributed by atoms with van der Waals surface area (Å²) in [6, 6.07) is 5.96. The van der Waals surface area contributed by atoms with Crippen LogP contribution in [0.3, 0.4) is 0 Å². The Morgan fingerprint density at radius 3 is 2.58 bits per heavy atom. The fraction of sp³-hybridized carbons (Fsp3) is 0.474. The standard InChI is InChI=1S/C19H28N4O2S/c1-6-9-25-16-8-7-15(10-17(16)24-5)11-21-19(20-4)22-12-18-23-13(2)14(3)26-18/h7-8,10H,6,9,11-12H2,1-5H3,(H2,20,21,22). The first-order valence-electron chi connectivity index (χ1n) is 8.74. The lowest BCUT2D eigenvalue weighted by molar-refractivity contribution is 0.294. The van der Waals surface area contributed by atoms with E-state index in [0.29, 0.717) is 19.7 Å². The molecule has 6 nitrogen and oxygen atoms in total. The number of aromatic nitrogens is 1. The lowest BCUT2D eigenvalue weighted by atomic mass is 10.2. The molecule has 0 fully saturated rings. The van der Waals surface area contributed by atoms with E-state index in [4.69, 9.17) is 9.47 Å². The molecule has 0 bridgehead atoms. The van der Waals surface area contributed by atoms with Crippen molar-refractivity contribution in [2.45, 2.75) is 40.3 Å². The maximum atomic E-state index is 5.69. The largest absolute Gasteiger partial charge is 0.493 e. The maximum Gasteiger partial charge on any atom is 0.191 e. The average molecular weight is 377 g/mol. The van der Waals surface area contributed by atoms with Crippen molar-refractivity contribution in [2.24, 2.45) is 4.99 Å². The lowest BCUT2D eigenvalue weighted by Gasteiger charge is -2.14. The van der Waals surface area contributed by atoms with Crippen molar-refractivity contribution < 1.29 is 9.47 Å². The molecule has 2 N–H and O–H groups in total. The molecule has 0 aliphatic carbocycles. The van der Waals surface area contributed by atoms with E-state index in [2.05, 4.69) is 34.5 Å². The number of hydrogen-bond acceptors (Lipinski definition) is 5. The second-order valence-corrected chi connectivity index (χ2v) is 7.15. The number of ether oxygens (including phenoxy) is 2. The van der Waals surface area contributed by atoms with Crippen molar-refractivity contribution >= 4 is 17.3 Å². The average Bonchev–Trinajstić information content (AvgIpc) is 2.98. The van der Waals surface area contributed by atoms with Gasteiger partial charge in [0.15, 0.2) is 17.5 Å². The van der Waals surface area contributed by atoms with Crippen LogP contribution in [0.4, 0.5) is 0 Å². The predicted molar refractivity (Wildman–Crippen MR) is 107 cm³/mol. The first kappa shape index (κ1) is 20.0. The van der Waals surface area contributed by atoms with Crippen LogP contribution < -0.4 is 20.1 Å². The van der Waals surface area contributed by atoms with Gasteiger partial charge >= 0.3 is 0 Å². The smallest absolute Gasteiger partial charge is 0.191 e. The molecule has 142 valence electrons. The number of guanidine groups is 1. The first-order chi connectivity index (χ1) is 12.6. The van der Waals surface area contributed by atoms with Gasteiger partial charge in [-0.15, -0.1) is 11.3 Å². The fourth-order valence-corrected chi connectivity index (χ4v) is 3.21. The van der Waals surface area contributed by atoms with Gasteiger partial charge in [0.2, 0.25) is 0 Å². The lowest BCUT2D eigenvalue weighted by Crippen LogP contribution is -2.36. The van der Waals surface area contributed by atoms with Gasteiger partial charge in [-0.05, 0) is 38.0 Å². The fourth-order valence-electron chi connectivity index (χ4n) is 2.33. The summed E-state index contributed by atoms with van der Waals surface area (Å²) in [6.07, 6.45) is 0.965. The number of aliphatic imine (C=N–C) groups is 1. The molecule has 26 heavy (non-hydrogen) atoms. The molecule has 0 spiro atoms. The van der Waals surface area contributed by atoms with Crippen LogP contribution in [-0.2, 0) is 13.1 Å². The molecule has 0 saturated heterocycles. The molecule has 0 aliphatic rings. The molecule has 2 aromatic rings. The number of nitrogens with zero attached hydrogens (tertiary/aromatic N) is 2. The van der Waals surface area contributed by atoms with Gasteiger partial charge in [0.05, 0.1) is 26.0 Å². The normalized spacial score (nSPS) is 11.3. The highest BCUT2D eigenvalue weighted by Gasteiger charge is 2.07. The Balaban J connectivity index is 1.91. The minimum atomic E-state index is 0.639. The molecule has 0 saturated carbocycles. The van der Waals surface area contributed by atoms with Crippen molar-refractivity contribution in [3.63, 3.8) is 0 Å². The molecule has 0 unspecified atom stereocenters. The Labute approximate surface area is 159 Å². The van der Waals surface area contributed by atoms with Crippen LogP contribution in [-0.4, -0.2) is 31.7 Å². The van der Waals surface area contributed by atoms with Gasteiger partial charge in [0, 0.05) is 18.5 Å². The van der Waals surface area contributed by atoms with Gasteiger partial charge in [0.25, 0.3) is 0 Å². The van der Waals surface area contributed by atoms with Crippen LogP contribution in [0.5, 0.6) is 11.5 Å². The molecule has 1 aromatic carbocycles. The summed E-state index contributed by atoms with van der Waals surface area (Å²) >= 11 is 1.71. The third kappa shape index (κ3) is 5.62. The van der Waals surface area contributed by atoms with Gasteiger partial charge in [-0.3, -0.25) is 4.99 Å². The summed E-state index contributed by atoms with van der Waals surface area (Å²) in [5.74, 6) is 2.25. The quantitative estimate of drug-likeness (QED) is 0.546. The van der Waals surface area contributed by atoms with Crippen LogP contribution in [0.25, 0.3) is 0 Å².